The molecule has 24 heavy (non-hydrogen) atoms. The minimum atomic E-state index is -0.137. The molecule has 0 bridgehead atoms. The molecule has 2 N–H and O–H groups in total. The second-order valence-electron chi connectivity index (χ2n) is 6.15. The number of rotatable bonds is 2. The highest BCUT2D eigenvalue weighted by Crippen LogP contribution is 2.33. The predicted molar refractivity (Wildman–Crippen MR) is 96.8 cm³/mol. The Labute approximate surface area is 145 Å². The SMILES string of the molecule is O=C1CSc2ccc(C(=O)Nc3cccc4c3CCCC4)cc2N1. The molecule has 1 aliphatic carbocycles. The van der Waals surface area contributed by atoms with Crippen LogP contribution in [0.5, 0.6) is 0 Å². The Balaban J connectivity index is 1.59. The van der Waals surface area contributed by atoms with Gasteiger partial charge in [0.2, 0.25) is 5.91 Å². The van der Waals surface area contributed by atoms with Gasteiger partial charge < -0.3 is 10.6 Å². The van der Waals surface area contributed by atoms with Crippen LogP contribution in [-0.2, 0) is 17.6 Å². The number of thioether (sulfide) groups is 1. The van der Waals surface area contributed by atoms with Gasteiger partial charge in [-0.15, -0.1) is 11.8 Å². The molecule has 0 atom stereocenters. The summed E-state index contributed by atoms with van der Waals surface area (Å²) in [4.78, 5) is 25.2. The molecule has 122 valence electrons. The van der Waals surface area contributed by atoms with Crippen molar-refractivity contribution in [3.63, 3.8) is 0 Å². The first-order valence-corrected chi connectivity index (χ1v) is 9.18. The van der Waals surface area contributed by atoms with E-state index < -0.39 is 0 Å². The van der Waals surface area contributed by atoms with Gasteiger partial charge >= 0.3 is 0 Å². The van der Waals surface area contributed by atoms with E-state index >= 15 is 0 Å². The van der Waals surface area contributed by atoms with Crippen molar-refractivity contribution < 1.29 is 9.59 Å². The highest BCUT2D eigenvalue weighted by atomic mass is 32.2. The van der Waals surface area contributed by atoms with Gasteiger partial charge in [-0.1, -0.05) is 12.1 Å². The van der Waals surface area contributed by atoms with Crippen LogP contribution in [0.4, 0.5) is 11.4 Å². The quantitative estimate of drug-likeness (QED) is 0.874. The fourth-order valence-corrected chi connectivity index (χ4v) is 4.11. The molecule has 0 aromatic heterocycles. The zero-order chi connectivity index (χ0) is 16.5. The van der Waals surface area contributed by atoms with E-state index in [0.29, 0.717) is 11.3 Å². The van der Waals surface area contributed by atoms with E-state index in [-0.39, 0.29) is 11.8 Å². The number of amides is 2. The first-order valence-electron chi connectivity index (χ1n) is 8.19. The largest absolute Gasteiger partial charge is 0.324 e. The molecule has 0 saturated heterocycles. The maximum Gasteiger partial charge on any atom is 0.255 e. The van der Waals surface area contributed by atoms with Gasteiger partial charge in [0.15, 0.2) is 0 Å². The van der Waals surface area contributed by atoms with Gasteiger partial charge in [-0.2, -0.15) is 0 Å². The average Bonchev–Trinajstić information content (AvgIpc) is 2.61. The normalized spacial score (nSPS) is 15.9. The fourth-order valence-electron chi connectivity index (χ4n) is 3.32. The summed E-state index contributed by atoms with van der Waals surface area (Å²) in [7, 11) is 0. The van der Waals surface area contributed by atoms with Crippen LogP contribution in [-0.4, -0.2) is 17.6 Å². The lowest BCUT2D eigenvalue weighted by Crippen LogP contribution is -2.20. The Hall–Kier alpha value is -2.27. The average molecular weight is 338 g/mol. The van der Waals surface area contributed by atoms with Crippen molar-refractivity contribution in [2.24, 2.45) is 0 Å². The number of aryl methyl sites for hydroxylation is 1. The number of anilines is 2. The molecule has 1 aliphatic heterocycles. The van der Waals surface area contributed by atoms with Gasteiger partial charge in [0.25, 0.3) is 5.91 Å². The third-order valence-corrected chi connectivity index (χ3v) is 5.59. The van der Waals surface area contributed by atoms with Crippen molar-refractivity contribution >= 4 is 35.0 Å². The van der Waals surface area contributed by atoms with Crippen LogP contribution < -0.4 is 10.6 Å². The summed E-state index contributed by atoms with van der Waals surface area (Å²) in [6.07, 6.45) is 4.48. The molecule has 5 heteroatoms. The molecule has 0 unspecified atom stereocenters. The minimum absolute atomic E-state index is 0.0258. The minimum Gasteiger partial charge on any atom is -0.324 e. The highest BCUT2D eigenvalue weighted by Gasteiger charge is 2.19. The van der Waals surface area contributed by atoms with Crippen LogP contribution >= 0.6 is 11.8 Å². The monoisotopic (exact) mass is 338 g/mol. The molecular formula is C19H18N2O2S. The number of hydrogen-bond acceptors (Lipinski definition) is 3. The number of hydrogen-bond donors (Lipinski definition) is 2. The summed E-state index contributed by atoms with van der Waals surface area (Å²) in [5.41, 5.74) is 4.80. The molecule has 1 heterocycles. The van der Waals surface area contributed by atoms with E-state index in [1.165, 1.54) is 35.7 Å². The Morgan fingerprint density at radius 2 is 2.00 bits per heavy atom. The molecular weight excluding hydrogens is 320 g/mol. The van der Waals surface area contributed by atoms with E-state index in [2.05, 4.69) is 16.7 Å². The second-order valence-corrected chi connectivity index (χ2v) is 7.17. The highest BCUT2D eigenvalue weighted by molar-refractivity contribution is 8.00. The molecule has 0 spiro atoms. The summed E-state index contributed by atoms with van der Waals surface area (Å²) in [6, 6.07) is 11.6. The maximum absolute atomic E-state index is 12.6. The van der Waals surface area contributed by atoms with E-state index in [0.717, 1.165) is 29.1 Å². The summed E-state index contributed by atoms with van der Waals surface area (Å²) in [5, 5.41) is 5.88. The number of carbonyl (C=O) groups excluding carboxylic acids is 2. The number of fused-ring (bicyclic) bond motifs is 2. The first-order chi connectivity index (χ1) is 11.7. The van der Waals surface area contributed by atoms with Crippen molar-refractivity contribution in [1.82, 2.24) is 0 Å². The Morgan fingerprint density at radius 3 is 2.92 bits per heavy atom. The molecule has 2 aromatic rings. The van der Waals surface area contributed by atoms with Crippen LogP contribution in [0.3, 0.4) is 0 Å². The van der Waals surface area contributed by atoms with Crippen LogP contribution in [0, 0.1) is 0 Å². The topological polar surface area (TPSA) is 58.2 Å². The zero-order valence-corrected chi connectivity index (χ0v) is 14.0. The van der Waals surface area contributed by atoms with Gasteiger partial charge in [-0.3, -0.25) is 9.59 Å². The fraction of sp³-hybridized carbons (Fsp3) is 0.263. The van der Waals surface area contributed by atoms with Gasteiger partial charge in [0, 0.05) is 16.1 Å². The van der Waals surface area contributed by atoms with Crippen molar-refractivity contribution in [2.45, 2.75) is 30.6 Å². The standard InChI is InChI=1S/C19H18N2O2S/c22-18-11-24-17-9-8-13(10-16(17)20-18)19(23)21-15-7-3-5-12-4-1-2-6-14(12)15/h3,5,7-10H,1-2,4,6,11H2,(H,20,22)(H,21,23). The molecule has 0 fully saturated rings. The van der Waals surface area contributed by atoms with Crippen molar-refractivity contribution in [3.05, 3.63) is 53.1 Å². The molecule has 0 saturated carbocycles. The third kappa shape index (κ3) is 2.91. The lowest BCUT2D eigenvalue weighted by molar-refractivity contribution is -0.113. The van der Waals surface area contributed by atoms with Crippen molar-refractivity contribution in [1.29, 1.82) is 0 Å². The Kier molecular flexibility index (Phi) is 4.02. The maximum atomic E-state index is 12.6. The summed E-state index contributed by atoms with van der Waals surface area (Å²) in [5.74, 6) is 0.262. The van der Waals surface area contributed by atoms with E-state index in [9.17, 15) is 9.59 Å². The lowest BCUT2D eigenvalue weighted by Gasteiger charge is -2.20. The number of nitrogens with one attached hydrogen (secondary N) is 2. The second kappa shape index (κ2) is 6.32. The molecule has 0 radical (unpaired) electrons. The smallest absolute Gasteiger partial charge is 0.255 e. The summed E-state index contributed by atoms with van der Waals surface area (Å²) in [6.45, 7) is 0. The number of carbonyl (C=O) groups is 2. The third-order valence-electron chi connectivity index (χ3n) is 4.52. The van der Waals surface area contributed by atoms with E-state index in [4.69, 9.17) is 0 Å². The van der Waals surface area contributed by atoms with Crippen LogP contribution in [0.1, 0.15) is 34.3 Å². The molecule has 2 aliphatic rings. The zero-order valence-electron chi connectivity index (χ0n) is 13.2. The molecule has 2 amide bonds. The van der Waals surface area contributed by atoms with Crippen LogP contribution in [0.2, 0.25) is 0 Å². The van der Waals surface area contributed by atoms with Crippen molar-refractivity contribution in [3.8, 4) is 0 Å². The molecule has 4 rings (SSSR count). The first kappa shape index (κ1) is 15.3. The Bertz CT molecular complexity index is 832. The Morgan fingerprint density at radius 1 is 1.12 bits per heavy atom. The summed E-state index contributed by atoms with van der Waals surface area (Å²) < 4.78 is 0. The summed E-state index contributed by atoms with van der Waals surface area (Å²) >= 11 is 1.50. The van der Waals surface area contributed by atoms with Crippen LogP contribution in [0.25, 0.3) is 0 Å². The lowest BCUT2D eigenvalue weighted by atomic mass is 9.90. The van der Waals surface area contributed by atoms with Gasteiger partial charge in [0.1, 0.15) is 0 Å². The van der Waals surface area contributed by atoms with E-state index in [1.54, 1.807) is 6.07 Å². The van der Waals surface area contributed by atoms with Gasteiger partial charge in [-0.25, -0.2) is 0 Å². The van der Waals surface area contributed by atoms with Crippen molar-refractivity contribution in [2.75, 3.05) is 16.4 Å². The van der Waals surface area contributed by atoms with E-state index in [1.807, 2.05) is 24.3 Å². The van der Waals surface area contributed by atoms with Gasteiger partial charge in [0.05, 0.1) is 11.4 Å². The molecule has 4 nitrogen and oxygen atoms in total. The predicted octanol–water partition coefficient (Wildman–Crippen LogP) is 3.86. The van der Waals surface area contributed by atoms with Gasteiger partial charge in [-0.05, 0) is 61.1 Å². The van der Waals surface area contributed by atoms with Crippen LogP contribution in [0.15, 0.2) is 41.3 Å². The molecule has 2 aromatic carbocycles. The number of benzene rings is 2.